The van der Waals surface area contributed by atoms with Gasteiger partial charge in [0.05, 0.1) is 15.5 Å². The quantitative estimate of drug-likeness (QED) is 0.434. The van der Waals surface area contributed by atoms with Gasteiger partial charge in [-0.2, -0.15) is 13.2 Å². The number of aromatic carboxylic acids is 1. The highest BCUT2D eigenvalue weighted by atomic mass is 35.5. The van der Waals surface area contributed by atoms with Gasteiger partial charge in [0.15, 0.2) is 0 Å². The number of nitrogens with zero attached hydrogens (tertiary/aromatic N) is 1. The zero-order valence-electron chi connectivity index (χ0n) is 14.5. The highest BCUT2D eigenvalue weighted by Crippen LogP contribution is 2.39. The van der Waals surface area contributed by atoms with Crippen molar-refractivity contribution in [1.29, 1.82) is 0 Å². The molecule has 1 N–H and O–H groups in total. The van der Waals surface area contributed by atoms with E-state index in [1.165, 1.54) is 0 Å². The number of hydrogen-bond donors (Lipinski definition) is 1. The molecule has 0 fully saturated rings. The predicted molar refractivity (Wildman–Crippen MR) is 95.2 cm³/mol. The van der Waals surface area contributed by atoms with Crippen LogP contribution >= 0.6 is 11.6 Å². The summed E-state index contributed by atoms with van der Waals surface area (Å²) >= 11 is 5.88. The van der Waals surface area contributed by atoms with Gasteiger partial charge >= 0.3 is 12.1 Å². The van der Waals surface area contributed by atoms with E-state index in [-0.39, 0.29) is 16.5 Å². The Hall–Kier alpha value is -2.81. The number of nitro benzene ring substituents is 1. The van der Waals surface area contributed by atoms with Crippen LogP contribution in [0.2, 0.25) is 5.02 Å². The van der Waals surface area contributed by atoms with Gasteiger partial charge in [0.1, 0.15) is 17.1 Å². The first kappa shape index (κ1) is 21.5. The first-order valence-corrected chi connectivity index (χ1v) is 8.51. The zero-order valence-corrected chi connectivity index (χ0v) is 15.3. The summed E-state index contributed by atoms with van der Waals surface area (Å²) in [5.74, 6) is -1.67. The predicted octanol–water partition coefficient (Wildman–Crippen LogP) is 6.10. The molecule has 0 spiro atoms. The van der Waals surface area contributed by atoms with Crippen molar-refractivity contribution in [2.24, 2.45) is 0 Å². The average Bonchev–Trinajstić information content (AvgIpc) is 2.60. The number of hydrogen-bond acceptors (Lipinski definition) is 4. The third kappa shape index (κ3) is 4.92. The molecule has 2 aromatic rings. The lowest BCUT2D eigenvalue weighted by molar-refractivity contribution is -0.385. The number of carboxylic acids is 1. The molecule has 0 radical (unpaired) electrons. The molecule has 0 aliphatic carbocycles. The highest BCUT2D eigenvalue weighted by molar-refractivity contribution is 6.32. The minimum atomic E-state index is -4.59. The van der Waals surface area contributed by atoms with Crippen molar-refractivity contribution in [3.8, 4) is 11.5 Å². The van der Waals surface area contributed by atoms with Crippen molar-refractivity contribution in [3.63, 3.8) is 0 Å². The summed E-state index contributed by atoms with van der Waals surface area (Å²) in [5.41, 5.74) is -1.80. The minimum Gasteiger partial charge on any atom is -0.477 e. The molecule has 0 aliphatic heterocycles. The second-order valence-corrected chi connectivity index (χ2v) is 6.30. The third-order valence-corrected chi connectivity index (χ3v) is 4.18. The molecule has 0 bridgehead atoms. The standard InChI is InChI=1S/C18H15ClF3NO5/c1-2-3-4-10-7-14(23(26)27)12(17(24)25)9-16(10)28-15-6-5-11(8-13(15)19)18(20,21)22/h5-9H,2-4H2,1H3,(H,24,25). The van der Waals surface area contributed by atoms with Gasteiger partial charge < -0.3 is 9.84 Å². The van der Waals surface area contributed by atoms with Crippen molar-refractivity contribution in [1.82, 2.24) is 0 Å². The van der Waals surface area contributed by atoms with E-state index in [2.05, 4.69) is 0 Å². The number of nitro groups is 1. The summed E-state index contributed by atoms with van der Waals surface area (Å²) in [6.07, 6.45) is -2.83. The van der Waals surface area contributed by atoms with Crippen LogP contribution < -0.4 is 4.74 Å². The molecule has 0 amide bonds. The first-order valence-electron chi connectivity index (χ1n) is 8.13. The number of halogens is 4. The summed E-state index contributed by atoms with van der Waals surface area (Å²) in [4.78, 5) is 21.7. The van der Waals surface area contributed by atoms with E-state index in [4.69, 9.17) is 16.3 Å². The van der Waals surface area contributed by atoms with Gasteiger partial charge in [-0.1, -0.05) is 24.9 Å². The second kappa shape index (κ2) is 8.47. The number of carbonyl (C=O) groups is 1. The smallest absolute Gasteiger partial charge is 0.416 e. The molecule has 6 nitrogen and oxygen atoms in total. The topological polar surface area (TPSA) is 89.7 Å². The van der Waals surface area contributed by atoms with Crippen LogP contribution in [-0.2, 0) is 12.6 Å². The number of ether oxygens (including phenoxy) is 1. The van der Waals surface area contributed by atoms with Gasteiger partial charge in [-0.25, -0.2) is 4.79 Å². The number of carboxylic acid groups (broad SMARTS) is 1. The van der Waals surface area contributed by atoms with Crippen LogP contribution in [0, 0.1) is 10.1 Å². The van der Waals surface area contributed by atoms with Crippen molar-refractivity contribution in [2.45, 2.75) is 32.4 Å². The van der Waals surface area contributed by atoms with E-state index < -0.39 is 33.9 Å². The summed E-state index contributed by atoms with van der Waals surface area (Å²) in [6, 6.07) is 4.56. The molecule has 0 aliphatic rings. The van der Waals surface area contributed by atoms with Crippen LogP contribution in [0.1, 0.15) is 41.3 Å². The Labute approximate surface area is 162 Å². The molecule has 0 heterocycles. The largest absolute Gasteiger partial charge is 0.477 e. The number of unbranched alkanes of at least 4 members (excludes halogenated alkanes) is 1. The van der Waals surface area contributed by atoms with Gasteiger partial charge in [0.25, 0.3) is 5.69 Å². The van der Waals surface area contributed by atoms with Crippen LogP contribution in [0.3, 0.4) is 0 Å². The molecule has 0 unspecified atom stereocenters. The maximum atomic E-state index is 12.8. The maximum Gasteiger partial charge on any atom is 0.416 e. The summed E-state index contributed by atoms with van der Waals surface area (Å²) in [6.45, 7) is 1.90. The maximum absolute atomic E-state index is 12.8. The van der Waals surface area contributed by atoms with Crippen LogP contribution in [0.5, 0.6) is 11.5 Å². The molecule has 0 saturated heterocycles. The second-order valence-electron chi connectivity index (χ2n) is 5.89. The van der Waals surface area contributed by atoms with E-state index in [9.17, 15) is 33.2 Å². The number of aryl methyl sites for hydroxylation is 1. The van der Waals surface area contributed by atoms with Crippen LogP contribution in [0.15, 0.2) is 30.3 Å². The number of benzene rings is 2. The van der Waals surface area contributed by atoms with E-state index in [1.807, 2.05) is 6.92 Å². The monoisotopic (exact) mass is 417 g/mol. The number of alkyl halides is 3. The SMILES string of the molecule is CCCCc1cc([N+](=O)[O-])c(C(=O)O)cc1Oc1ccc(C(F)(F)F)cc1Cl. The van der Waals surface area contributed by atoms with Gasteiger partial charge in [-0.3, -0.25) is 10.1 Å². The van der Waals surface area contributed by atoms with Gasteiger partial charge in [-0.15, -0.1) is 0 Å². The van der Waals surface area contributed by atoms with Crippen molar-refractivity contribution < 1.29 is 32.7 Å². The Morgan fingerprint density at radius 2 is 1.93 bits per heavy atom. The molecule has 0 atom stereocenters. The molecule has 2 aromatic carbocycles. The Morgan fingerprint density at radius 3 is 2.43 bits per heavy atom. The molecule has 10 heteroatoms. The normalized spacial score (nSPS) is 11.3. The van der Waals surface area contributed by atoms with Crippen molar-refractivity contribution in [2.75, 3.05) is 0 Å². The fraction of sp³-hybridized carbons (Fsp3) is 0.278. The van der Waals surface area contributed by atoms with E-state index in [1.54, 1.807) is 0 Å². The lowest BCUT2D eigenvalue weighted by atomic mass is 10.0. The summed E-state index contributed by atoms with van der Waals surface area (Å²) in [5, 5.41) is 20.1. The van der Waals surface area contributed by atoms with E-state index >= 15 is 0 Å². The highest BCUT2D eigenvalue weighted by Gasteiger charge is 2.31. The fourth-order valence-electron chi connectivity index (χ4n) is 2.47. The van der Waals surface area contributed by atoms with Crippen LogP contribution in [0.25, 0.3) is 0 Å². The van der Waals surface area contributed by atoms with E-state index in [0.29, 0.717) is 24.5 Å². The van der Waals surface area contributed by atoms with Gasteiger partial charge in [-0.05, 0) is 31.0 Å². The first-order chi connectivity index (χ1) is 13.0. The molecule has 28 heavy (non-hydrogen) atoms. The molecule has 0 saturated carbocycles. The molecular formula is C18H15ClF3NO5. The lowest BCUT2D eigenvalue weighted by Crippen LogP contribution is -2.06. The van der Waals surface area contributed by atoms with Gasteiger partial charge in [0.2, 0.25) is 0 Å². The average molecular weight is 418 g/mol. The van der Waals surface area contributed by atoms with Gasteiger partial charge in [0, 0.05) is 17.7 Å². The minimum absolute atomic E-state index is 0.0156. The Balaban J connectivity index is 2.52. The molecule has 150 valence electrons. The summed E-state index contributed by atoms with van der Waals surface area (Å²) < 4.78 is 43.8. The zero-order chi connectivity index (χ0) is 21.1. The Kier molecular flexibility index (Phi) is 6.50. The van der Waals surface area contributed by atoms with Crippen molar-refractivity contribution in [3.05, 3.63) is 62.2 Å². The lowest BCUT2D eigenvalue weighted by Gasteiger charge is -2.15. The van der Waals surface area contributed by atoms with E-state index in [0.717, 1.165) is 30.7 Å². The van der Waals surface area contributed by atoms with Crippen LogP contribution in [0.4, 0.5) is 18.9 Å². The Morgan fingerprint density at radius 1 is 1.25 bits per heavy atom. The fourth-order valence-corrected chi connectivity index (χ4v) is 2.69. The number of rotatable bonds is 7. The molecular weight excluding hydrogens is 403 g/mol. The van der Waals surface area contributed by atoms with Crippen LogP contribution in [-0.4, -0.2) is 16.0 Å². The van der Waals surface area contributed by atoms with Crippen molar-refractivity contribution >= 4 is 23.3 Å². The Bertz CT molecular complexity index is 915. The molecule has 2 rings (SSSR count). The third-order valence-electron chi connectivity index (χ3n) is 3.88. The molecule has 0 aromatic heterocycles. The summed E-state index contributed by atoms with van der Waals surface area (Å²) in [7, 11) is 0.